The van der Waals surface area contributed by atoms with Crippen molar-refractivity contribution >= 4 is 50.7 Å². The SMILES string of the molecule is Cc1cccc(CN(C(=O)CN(c2ccc(Cl)cc2Cl)S(=O)(=O)c2ccccc2)[C@H](C)C(=O)NC2CCCCC2)c1. The number of hydrogen-bond donors (Lipinski definition) is 1. The fourth-order valence-corrected chi connectivity index (χ4v) is 7.09. The number of carbonyl (C=O) groups excluding carboxylic acids is 2. The minimum absolute atomic E-state index is 0.00661. The Labute approximate surface area is 252 Å². The Morgan fingerprint density at radius 1 is 0.951 bits per heavy atom. The molecule has 3 aromatic carbocycles. The van der Waals surface area contributed by atoms with Gasteiger partial charge in [-0.15, -0.1) is 0 Å². The highest BCUT2D eigenvalue weighted by atomic mass is 35.5. The van der Waals surface area contributed by atoms with Crippen LogP contribution >= 0.6 is 23.2 Å². The molecule has 0 spiro atoms. The summed E-state index contributed by atoms with van der Waals surface area (Å²) in [7, 11) is -4.21. The van der Waals surface area contributed by atoms with Crippen molar-refractivity contribution in [2.75, 3.05) is 10.8 Å². The maximum atomic E-state index is 14.1. The predicted octanol–water partition coefficient (Wildman–Crippen LogP) is 6.36. The molecule has 10 heteroatoms. The molecular weight excluding hydrogens is 581 g/mol. The maximum absolute atomic E-state index is 14.1. The molecule has 41 heavy (non-hydrogen) atoms. The van der Waals surface area contributed by atoms with Crippen LogP contribution in [0.25, 0.3) is 0 Å². The van der Waals surface area contributed by atoms with Crippen LogP contribution in [-0.4, -0.2) is 43.8 Å². The van der Waals surface area contributed by atoms with E-state index in [-0.39, 0.29) is 34.1 Å². The Balaban J connectivity index is 1.69. The number of amides is 2. The lowest BCUT2D eigenvalue weighted by Crippen LogP contribution is -2.53. The number of anilines is 1. The summed E-state index contributed by atoms with van der Waals surface area (Å²) in [5, 5.41) is 3.52. The lowest BCUT2D eigenvalue weighted by Gasteiger charge is -2.33. The second kappa shape index (κ2) is 13.7. The Hall–Kier alpha value is -3.07. The highest BCUT2D eigenvalue weighted by Gasteiger charge is 2.34. The van der Waals surface area contributed by atoms with Crippen molar-refractivity contribution in [2.24, 2.45) is 0 Å². The molecule has 3 aromatic rings. The molecule has 1 aliphatic carbocycles. The van der Waals surface area contributed by atoms with Crippen LogP contribution in [0.3, 0.4) is 0 Å². The molecule has 0 aliphatic heterocycles. The zero-order valence-electron chi connectivity index (χ0n) is 23.2. The maximum Gasteiger partial charge on any atom is 0.264 e. The van der Waals surface area contributed by atoms with Gasteiger partial charge in [-0.25, -0.2) is 8.42 Å². The van der Waals surface area contributed by atoms with Gasteiger partial charge < -0.3 is 10.2 Å². The Morgan fingerprint density at radius 2 is 1.66 bits per heavy atom. The number of aryl methyl sites for hydroxylation is 1. The molecular formula is C31H35Cl2N3O4S. The average Bonchev–Trinajstić information content (AvgIpc) is 2.95. The Bertz CT molecular complexity index is 1480. The molecule has 0 unspecified atom stereocenters. The fraction of sp³-hybridized carbons (Fsp3) is 0.355. The van der Waals surface area contributed by atoms with Gasteiger partial charge >= 0.3 is 0 Å². The van der Waals surface area contributed by atoms with Crippen molar-refractivity contribution in [2.45, 2.75) is 69.5 Å². The van der Waals surface area contributed by atoms with Crippen molar-refractivity contribution < 1.29 is 18.0 Å². The summed E-state index contributed by atoms with van der Waals surface area (Å²) >= 11 is 12.6. The van der Waals surface area contributed by atoms with Gasteiger partial charge in [-0.3, -0.25) is 13.9 Å². The molecule has 0 radical (unpaired) electrons. The van der Waals surface area contributed by atoms with Gasteiger partial charge in [0.05, 0.1) is 15.6 Å². The van der Waals surface area contributed by atoms with Crippen molar-refractivity contribution in [1.82, 2.24) is 10.2 Å². The van der Waals surface area contributed by atoms with E-state index >= 15 is 0 Å². The molecule has 1 fully saturated rings. The van der Waals surface area contributed by atoms with Crippen LogP contribution in [0.4, 0.5) is 5.69 Å². The summed E-state index contributed by atoms with van der Waals surface area (Å²) in [4.78, 5) is 28.9. The standard InChI is InChI=1S/C31H35Cl2N3O4S/c1-22-10-9-11-24(18-22)20-35(23(2)31(38)34-26-12-5-3-6-13-26)30(37)21-36(29-17-16-25(32)19-28(29)33)41(39,40)27-14-7-4-8-15-27/h4,7-11,14-19,23,26H,3,5-6,12-13,20-21H2,1-2H3,(H,34,38)/t23-/m1/s1. The number of rotatable bonds is 10. The van der Waals surface area contributed by atoms with Crippen molar-refractivity contribution in [3.63, 3.8) is 0 Å². The van der Waals surface area contributed by atoms with Gasteiger partial charge in [0.15, 0.2) is 0 Å². The number of nitrogens with zero attached hydrogens (tertiary/aromatic N) is 2. The topological polar surface area (TPSA) is 86.8 Å². The number of sulfonamides is 1. The molecule has 2 amide bonds. The molecule has 0 aromatic heterocycles. The van der Waals surface area contributed by atoms with Crippen LogP contribution in [0.2, 0.25) is 10.0 Å². The molecule has 1 N–H and O–H groups in total. The predicted molar refractivity (Wildman–Crippen MR) is 164 cm³/mol. The van der Waals surface area contributed by atoms with Gasteiger partial charge in [-0.05, 0) is 62.6 Å². The van der Waals surface area contributed by atoms with E-state index in [1.165, 1.54) is 35.2 Å². The molecule has 0 saturated heterocycles. The molecule has 218 valence electrons. The van der Waals surface area contributed by atoms with E-state index in [0.29, 0.717) is 5.02 Å². The fourth-order valence-electron chi connectivity index (χ4n) is 5.08. The Morgan fingerprint density at radius 3 is 2.32 bits per heavy atom. The Kier molecular flexibility index (Phi) is 10.3. The van der Waals surface area contributed by atoms with Crippen LogP contribution in [0.1, 0.15) is 50.2 Å². The quantitative estimate of drug-likeness (QED) is 0.287. The molecule has 1 aliphatic rings. The summed E-state index contributed by atoms with van der Waals surface area (Å²) in [5.41, 5.74) is 1.95. The van der Waals surface area contributed by atoms with Crippen LogP contribution in [-0.2, 0) is 26.2 Å². The first-order valence-corrected chi connectivity index (χ1v) is 15.9. The zero-order chi connectivity index (χ0) is 29.6. The smallest absolute Gasteiger partial charge is 0.264 e. The van der Waals surface area contributed by atoms with E-state index < -0.39 is 28.5 Å². The van der Waals surface area contributed by atoms with Crippen LogP contribution in [0.5, 0.6) is 0 Å². The van der Waals surface area contributed by atoms with E-state index in [1.807, 2.05) is 31.2 Å². The first-order valence-electron chi connectivity index (χ1n) is 13.7. The third-order valence-corrected chi connectivity index (χ3v) is 9.65. The summed E-state index contributed by atoms with van der Waals surface area (Å²) in [6.07, 6.45) is 5.07. The van der Waals surface area contributed by atoms with E-state index in [2.05, 4.69) is 5.32 Å². The molecule has 4 rings (SSSR count). The van der Waals surface area contributed by atoms with Crippen LogP contribution in [0.15, 0.2) is 77.7 Å². The van der Waals surface area contributed by atoms with Gasteiger partial charge in [0, 0.05) is 17.6 Å². The summed E-state index contributed by atoms with van der Waals surface area (Å²) in [6, 6.07) is 19.2. The number of benzene rings is 3. The molecule has 0 bridgehead atoms. The second-order valence-electron chi connectivity index (χ2n) is 10.5. The minimum Gasteiger partial charge on any atom is -0.352 e. The van der Waals surface area contributed by atoms with E-state index in [0.717, 1.165) is 47.5 Å². The average molecular weight is 617 g/mol. The van der Waals surface area contributed by atoms with Crippen molar-refractivity contribution in [3.05, 3.63) is 94.0 Å². The summed E-state index contributed by atoms with van der Waals surface area (Å²) in [6.45, 7) is 3.20. The summed E-state index contributed by atoms with van der Waals surface area (Å²) in [5.74, 6) is -0.803. The van der Waals surface area contributed by atoms with E-state index in [9.17, 15) is 18.0 Å². The number of halogens is 2. The normalized spacial score (nSPS) is 14.7. The monoisotopic (exact) mass is 615 g/mol. The van der Waals surface area contributed by atoms with E-state index in [1.54, 1.807) is 25.1 Å². The summed E-state index contributed by atoms with van der Waals surface area (Å²) < 4.78 is 28.7. The number of carbonyl (C=O) groups is 2. The van der Waals surface area contributed by atoms with Crippen LogP contribution in [0, 0.1) is 6.92 Å². The first kappa shape index (κ1) is 30.9. The van der Waals surface area contributed by atoms with Gasteiger partial charge in [0.2, 0.25) is 11.8 Å². The van der Waals surface area contributed by atoms with Gasteiger partial charge in [0.1, 0.15) is 12.6 Å². The molecule has 0 heterocycles. The van der Waals surface area contributed by atoms with Gasteiger partial charge in [0.25, 0.3) is 10.0 Å². The zero-order valence-corrected chi connectivity index (χ0v) is 25.6. The molecule has 1 atom stereocenters. The largest absolute Gasteiger partial charge is 0.352 e. The minimum atomic E-state index is -4.21. The van der Waals surface area contributed by atoms with Crippen molar-refractivity contribution in [3.8, 4) is 0 Å². The molecule has 1 saturated carbocycles. The van der Waals surface area contributed by atoms with E-state index in [4.69, 9.17) is 23.2 Å². The lowest BCUT2D eigenvalue weighted by molar-refractivity contribution is -0.139. The highest BCUT2D eigenvalue weighted by Crippen LogP contribution is 2.33. The first-order chi connectivity index (χ1) is 19.6. The second-order valence-corrected chi connectivity index (χ2v) is 13.2. The lowest BCUT2D eigenvalue weighted by atomic mass is 9.95. The van der Waals surface area contributed by atoms with Crippen molar-refractivity contribution in [1.29, 1.82) is 0 Å². The third-order valence-electron chi connectivity index (χ3n) is 7.34. The molecule has 7 nitrogen and oxygen atoms in total. The number of hydrogen-bond acceptors (Lipinski definition) is 4. The number of nitrogens with one attached hydrogen (secondary N) is 1. The highest BCUT2D eigenvalue weighted by molar-refractivity contribution is 7.92. The third kappa shape index (κ3) is 7.82. The van der Waals surface area contributed by atoms with Gasteiger partial charge in [-0.1, -0.05) is 90.5 Å². The van der Waals surface area contributed by atoms with Crippen LogP contribution < -0.4 is 9.62 Å². The van der Waals surface area contributed by atoms with Gasteiger partial charge in [-0.2, -0.15) is 0 Å².